The third-order valence-corrected chi connectivity index (χ3v) is 7.46. The number of aliphatic hydroxyl groups excluding tert-OH is 1. The van der Waals surface area contributed by atoms with Crippen molar-refractivity contribution < 1.29 is 24.2 Å². The van der Waals surface area contributed by atoms with Gasteiger partial charge in [0.15, 0.2) is 6.10 Å². The van der Waals surface area contributed by atoms with Crippen LogP contribution in [0.15, 0.2) is 23.8 Å². The molecule has 0 heterocycles. The molecule has 0 bridgehead atoms. The number of hydrogen-bond acceptors (Lipinski definition) is 5. The van der Waals surface area contributed by atoms with E-state index in [1.165, 1.54) is 44.3 Å². The van der Waals surface area contributed by atoms with Crippen LogP contribution < -0.4 is 0 Å². The van der Waals surface area contributed by atoms with Crippen LogP contribution in [0.1, 0.15) is 79.6 Å². The summed E-state index contributed by atoms with van der Waals surface area (Å²) in [6, 6.07) is 0. The van der Waals surface area contributed by atoms with Crippen LogP contribution in [0.2, 0.25) is 0 Å². The molecule has 170 valence electrons. The summed E-state index contributed by atoms with van der Waals surface area (Å²) < 4.78 is 10.0. The van der Waals surface area contributed by atoms with E-state index in [1.807, 2.05) is 6.92 Å². The van der Waals surface area contributed by atoms with Gasteiger partial charge in [0, 0.05) is 13.0 Å². The molecule has 5 nitrogen and oxygen atoms in total. The van der Waals surface area contributed by atoms with Gasteiger partial charge in [-0.15, -0.1) is 0 Å². The van der Waals surface area contributed by atoms with Crippen molar-refractivity contribution in [2.45, 2.75) is 85.7 Å². The Bertz CT molecular complexity index is 677. The predicted octanol–water partition coefficient (Wildman–Crippen LogP) is 4.98. The topological polar surface area (TPSA) is 72.8 Å². The van der Waals surface area contributed by atoms with Crippen molar-refractivity contribution in [1.29, 1.82) is 0 Å². The van der Waals surface area contributed by atoms with E-state index in [9.17, 15) is 14.7 Å². The van der Waals surface area contributed by atoms with Crippen LogP contribution >= 0.6 is 0 Å². The molecule has 2 fully saturated rings. The molecule has 30 heavy (non-hydrogen) atoms. The fourth-order valence-electron chi connectivity index (χ4n) is 6.03. The monoisotopic (exact) mass is 420 g/mol. The fraction of sp³-hybridized carbons (Fsp3) is 0.760. The number of ether oxygens (including phenoxy) is 2. The summed E-state index contributed by atoms with van der Waals surface area (Å²) in [7, 11) is 0. The van der Waals surface area contributed by atoms with Crippen molar-refractivity contribution in [3.05, 3.63) is 23.8 Å². The second-order valence-corrected chi connectivity index (χ2v) is 10.2. The maximum atomic E-state index is 12.1. The Kier molecular flexibility index (Phi) is 8.32. The van der Waals surface area contributed by atoms with E-state index in [4.69, 9.17) is 9.47 Å². The predicted molar refractivity (Wildman–Crippen MR) is 118 cm³/mol. The highest BCUT2D eigenvalue weighted by Crippen LogP contribution is 2.61. The van der Waals surface area contributed by atoms with Gasteiger partial charge in [-0.2, -0.15) is 0 Å². The number of hydrogen-bond donors (Lipinski definition) is 1. The molecule has 0 unspecified atom stereocenters. The molecule has 2 saturated carbocycles. The molecule has 0 aromatic rings. The second kappa shape index (κ2) is 10.1. The summed E-state index contributed by atoms with van der Waals surface area (Å²) >= 11 is 0. The number of fused-ring (bicyclic) bond motifs is 1. The van der Waals surface area contributed by atoms with Crippen LogP contribution in [0.4, 0.5) is 0 Å². The first-order valence-corrected chi connectivity index (χ1v) is 11.3. The third kappa shape index (κ3) is 5.96. The van der Waals surface area contributed by atoms with Crippen LogP contribution in [-0.2, 0) is 19.1 Å². The Balaban J connectivity index is 1.95. The largest absolute Gasteiger partial charge is 0.458 e. The van der Waals surface area contributed by atoms with Crippen molar-refractivity contribution in [1.82, 2.24) is 0 Å². The first-order chi connectivity index (χ1) is 14.0. The number of allylic oxidation sites excluding steroid dienone is 2. The minimum atomic E-state index is -0.822. The zero-order valence-electron chi connectivity index (χ0n) is 19.5. The van der Waals surface area contributed by atoms with Gasteiger partial charge < -0.3 is 14.6 Å². The van der Waals surface area contributed by atoms with E-state index in [0.29, 0.717) is 11.3 Å². The summed E-state index contributed by atoms with van der Waals surface area (Å²) in [6.07, 6.45) is 8.72. The summed E-state index contributed by atoms with van der Waals surface area (Å²) in [5.41, 5.74) is 3.01. The van der Waals surface area contributed by atoms with Gasteiger partial charge in [0.2, 0.25) is 0 Å². The van der Waals surface area contributed by atoms with Gasteiger partial charge in [-0.25, -0.2) is 4.79 Å². The smallest absolute Gasteiger partial charge is 0.330 e. The highest BCUT2D eigenvalue weighted by atomic mass is 16.6. The van der Waals surface area contributed by atoms with Crippen molar-refractivity contribution in [3.8, 4) is 0 Å². The average Bonchev–Trinajstić information content (AvgIpc) is 2.63. The molecule has 0 aromatic carbocycles. The Morgan fingerprint density at radius 1 is 1.27 bits per heavy atom. The van der Waals surface area contributed by atoms with Gasteiger partial charge in [0.05, 0.1) is 6.61 Å². The summed E-state index contributed by atoms with van der Waals surface area (Å²) in [6.45, 7) is 14.4. The standard InChI is InChI=1S/C25H40O5/c1-17(14-23(28)29-16-20(15-26)30-19(3)27)8-10-21-18(2)9-11-22-24(4,5)12-7-13-25(21,22)6/h14,20-22,26H,2,7-13,15-16H2,1,3-6H3/b17-14+/t20-,21+,22+,25-/m0/s1. The maximum Gasteiger partial charge on any atom is 0.330 e. The van der Waals surface area contributed by atoms with Crippen molar-refractivity contribution in [3.63, 3.8) is 0 Å². The number of carbonyl (C=O) groups excluding carboxylic acids is 2. The lowest BCUT2D eigenvalue weighted by Gasteiger charge is -2.58. The van der Waals surface area contributed by atoms with Crippen molar-refractivity contribution in [2.24, 2.45) is 22.7 Å². The molecule has 5 heteroatoms. The van der Waals surface area contributed by atoms with Crippen molar-refractivity contribution in [2.75, 3.05) is 13.2 Å². The minimum Gasteiger partial charge on any atom is -0.458 e. The first kappa shape index (κ1) is 24.6. The molecule has 2 aliphatic carbocycles. The van der Waals surface area contributed by atoms with Crippen LogP contribution in [0.3, 0.4) is 0 Å². The SMILES string of the molecule is C=C1CC[C@@H]2C(C)(C)CCC[C@@]2(C)[C@@H]1CC/C(C)=C/C(=O)OC[C@H](CO)OC(C)=O. The van der Waals surface area contributed by atoms with Crippen LogP contribution in [0, 0.1) is 22.7 Å². The van der Waals surface area contributed by atoms with Crippen LogP contribution in [0.25, 0.3) is 0 Å². The quantitative estimate of drug-likeness (QED) is 0.341. The van der Waals surface area contributed by atoms with E-state index < -0.39 is 18.0 Å². The lowest BCUT2D eigenvalue weighted by atomic mass is 9.47. The molecule has 0 spiro atoms. The number of rotatable bonds is 8. The summed E-state index contributed by atoms with van der Waals surface area (Å²) in [4.78, 5) is 23.1. The molecule has 0 saturated heterocycles. The Hall–Kier alpha value is -1.62. The van der Waals surface area contributed by atoms with Crippen LogP contribution in [0.5, 0.6) is 0 Å². The average molecular weight is 421 g/mol. The number of carbonyl (C=O) groups is 2. The summed E-state index contributed by atoms with van der Waals surface area (Å²) in [5, 5.41) is 9.19. The van der Waals surface area contributed by atoms with Gasteiger partial charge in [0.1, 0.15) is 6.61 Å². The fourth-order valence-corrected chi connectivity index (χ4v) is 6.03. The van der Waals surface area contributed by atoms with E-state index in [2.05, 4.69) is 27.4 Å². The molecule has 0 aromatic heterocycles. The van der Waals surface area contributed by atoms with Gasteiger partial charge in [-0.1, -0.05) is 44.9 Å². The lowest BCUT2D eigenvalue weighted by Crippen LogP contribution is -2.49. The molecule has 4 atom stereocenters. The zero-order valence-corrected chi connectivity index (χ0v) is 19.5. The minimum absolute atomic E-state index is 0.146. The van der Waals surface area contributed by atoms with E-state index in [0.717, 1.165) is 30.8 Å². The summed E-state index contributed by atoms with van der Waals surface area (Å²) in [5.74, 6) is 0.226. The third-order valence-electron chi connectivity index (χ3n) is 7.46. The maximum absolute atomic E-state index is 12.1. The van der Waals surface area contributed by atoms with Crippen LogP contribution in [-0.4, -0.2) is 36.4 Å². The molecule has 2 rings (SSSR count). The second-order valence-electron chi connectivity index (χ2n) is 10.2. The van der Waals surface area contributed by atoms with E-state index in [1.54, 1.807) is 0 Å². The lowest BCUT2D eigenvalue weighted by molar-refractivity contribution is -0.157. The molecule has 0 aliphatic heterocycles. The Morgan fingerprint density at radius 2 is 1.97 bits per heavy atom. The highest BCUT2D eigenvalue weighted by Gasteiger charge is 2.52. The normalized spacial score (nSPS) is 29.7. The molecule has 0 amide bonds. The van der Waals surface area contributed by atoms with Gasteiger partial charge in [-0.3, -0.25) is 4.79 Å². The molecular weight excluding hydrogens is 380 g/mol. The molecule has 2 aliphatic rings. The van der Waals surface area contributed by atoms with Crippen molar-refractivity contribution >= 4 is 11.9 Å². The number of aliphatic hydroxyl groups is 1. The molecule has 0 radical (unpaired) electrons. The molecular formula is C25H40O5. The molecule has 1 N–H and O–H groups in total. The highest BCUT2D eigenvalue weighted by molar-refractivity contribution is 5.82. The Morgan fingerprint density at radius 3 is 2.60 bits per heavy atom. The van der Waals surface area contributed by atoms with E-state index in [-0.39, 0.29) is 18.6 Å². The zero-order chi connectivity index (χ0) is 22.5. The number of esters is 2. The van der Waals surface area contributed by atoms with E-state index >= 15 is 0 Å². The van der Waals surface area contributed by atoms with Gasteiger partial charge in [0.25, 0.3) is 0 Å². The first-order valence-electron chi connectivity index (χ1n) is 11.3. The van der Waals surface area contributed by atoms with Gasteiger partial charge >= 0.3 is 11.9 Å². The Labute approximate surface area is 181 Å². The van der Waals surface area contributed by atoms with Gasteiger partial charge in [-0.05, 0) is 68.1 Å².